The first-order valence-corrected chi connectivity index (χ1v) is 6.78. The number of rotatable bonds is 6. The van der Waals surface area contributed by atoms with Crippen LogP contribution in [0.15, 0.2) is 30.5 Å². The Hall–Kier alpha value is -1.75. The van der Waals surface area contributed by atoms with E-state index in [0.29, 0.717) is 12.0 Å². The molecule has 1 aromatic carbocycles. The minimum absolute atomic E-state index is 0.0518. The van der Waals surface area contributed by atoms with Crippen LogP contribution in [-0.4, -0.2) is 16.8 Å². The Morgan fingerprint density at radius 2 is 2.10 bits per heavy atom. The van der Waals surface area contributed by atoms with Gasteiger partial charge >= 0.3 is 0 Å². The van der Waals surface area contributed by atoms with Crippen LogP contribution in [0.3, 0.4) is 0 Å². The number of benzene rings is 1. The van der Waals surface area contributed by atoms with Gasteiger partial charge in [0.1, 0.15) is 11.6 Å². The summed E-state index contributed by atoms with van der Waals surface area (Å²) in [6.07, 6.45) is 3.18. The van der Waals surface area contributed by atoms with E-state index in [4.69, 9.17) is 0 Å². The first-order chi connectivity index (χ1) is 9.65. The summed E-state index contributed by atoms with van der Waals surface area (Å²) in [5.41, 5.74) is 1.51. The molecule has 0 amide bonds. The van der Waals surface area contributed by atoms with E-state index < -0.39 is 11.6 Å². The van der Waals surface area contributed by atoms with Crippen molar-refractivity contribution < 1.29 is 8.78 Å². The Kier molecular flexibility index (Phi) is 4.84. The SMILES string of the molecule is CCCn1nccc1C(Cc1ccc(F)cc1F)NC. The molecule has 0 aliphatic carbocycles. The maximum atomic E-state index is 13.7. The van der Waals surface area contributed by atoms with Crippen molar-refractivity contribution in [3.63, 3.8) is 0 Å². The predicted molar refractivity (Wildman–Crippen MR) is 74.4 cm³/mol. The number of aryl methyl sites for hydroxylation is 1. The van der Waals surface area contributed by atoms with Gasteiger partial charge < -0.3 is 5.32 Å². The van der Waals surface area contributed by atoms with Crippen LogP contribution >= 0.6 is 0 Å². The van der Waals surface area contributed by atoms with E-state index in [2.05, 4.69) is 17.3 Å². The standard InChI is InChI=1S/C15H19F2N3/c1-3-8-20-15(6-7-19-20)14(18-2)9-11-4-5-12(16)10-13(11)17/h4-7,10,14,18H,3,8-9H2,1-2H3. The van der Waals surface area contributed by atoms with E-state index >= 15 is 0 Å². The summed E-state index contributed by atoms with van der Waals surface area (Å²) in [5.74, 6) is -1.06. The first kappa shape index (κ1) is 14.7. The van der Waals surface area contributed by atoms with Crippen LogP contribution in [0.2, 0.25) is 0 Å². The molecule has 108 valence electrons. The highest BCUT2D eigenvalue weighted by Gasteiger charge is 2.17. The zero-order chi connectivity index (χ0) is 14.5. The third-order valence-corrected chi connectivity index (χ3v) is 3.33. The van der Waals surface area contributed by atoms with Gasteiger partial charge in [-0.15, -0.1) is 0 Å². The second kappa shape index (κ2) is 6.61. The third kappa shape index (κ3) is 3.22. The molecular formula is C15H19F2N3. The van der Waals surface area contributed by atoms with Crippen molar-refractivity contribution >= 4 is 0 Å². The number of aromatic nitrogens is 2. The molecule has 0 saturated carbocycles. The quantitative estimate of drug-likeness (QED) is 0.880. The zero-order valence-corrected chi connectivity index (χ0v) is 11.7. The average Bonchev–Trinajstić information content (AvgIpc) is 2.87. The maximum absolute atomic E-state index is 13.7. The Morgan fingerprint density at radius 1 is 1.30 bits per heavy atom. The summed E-state index contributed by atoms with van der Waals surface area (Å²) in [5, 5.41) is 7.45. The summed E-state index contributed by atoms with van der Waals surface area (Å²) in [7, 11) is 1.83. The topological polar surface area (TPSA) is 29.9 Å². The lowest BCUT2D eigenvalue weighted by atomic mass is 10.0. The van der Waals surface area contributed by atoms with Gasteiger partial charge in [0.2, 0.25) is 0 Å². The molecule has 3 nitrogen and oxygen atoms in total. The van der Waals surface area contributed by atoms with Crippen LogP contribution in [-0.2, 0) is 13.0 Å². The lowest BCUT2D eigenvalue weighted by Gasteiger charge is -2.18. The number of nitrogens with zero attached hydrogens (tertiary/aromatic N) is 2. The molecule has 1 atom stereocenters. The summed E-state index contributed by atoms with van der Waals surface area (Å²) in [6, 6.07) is 5.58. The van der Waals surface area contributed by atoms with Gasteiger partial charge in [-0.25, -0.2) is 8.78 Å². The van der Waals surface area contributed by atoms with Crippen molar-refractivity contribution in [3.8, 4) is 0 Å². The van der Waals surface area contributed by atoms with E-state index in [1.54, 1.807) is 6.20 Å². The molecule has 0 fully saturated rings. The normalized spacial score (nSPS) is 12.6. The van der Waals surface area contributed by atoms with Gasteiger partial charge in [0.25, 0.3) is 0 Å². The summed E-state index contributed by atoms with van der Waals surface area (Å²) >= 11 is 0. The van der Waals surface area contributed by atoms with Gasteiger partial charge in [-0.1, -0.05) is 13.0 Å². The van der Waals surface area contributed by atoms with Crippen molar-refractivity contribution in [1.82, 2.24) is 15.1 Å². The molecule has 1 N–H and O–H groups in total. The molecule has 2 rings (SSSR count). The molecule has 0 spiro atoms. The van der Waals surface area contributed by atoms with Crippen LogP contribution in [0.25, 0.3) is 0 Å². The van der Waals surface area contributed by atoms with E-state index in [1.165, 1.54) is 12.1 Å². The second-order valence-electron chi connectivity index (χ2n) is 4.76. The molecule has 2 aromatic rings. The minimum Gasteiger partial charge on any atom is -0.311 e. The van der Waals surface area contributed by atoms with Crippen LogP contribution in [0, 0.1) is 11.6 Å². The minimum atomic E-state index is -0.553. The van der Waals surface area contributed by atoms with Gasteiger partial charge in [-0.05, 0) is 37.6 Å². The van der Waals surface area contributed by atoms with Crippen LogP contribution in [0.1, 0.15) is 30.6 Å². The smallest absolute Gasteiger partial charge is 0.129 e. The number of halogens is 2. The van der Waals surface area contributed by atoms with Gasteiger partial charge in [0, 0.05) is 18.8 Å². The van der Waals surface area contributed by atoms with Crippen molar-refractivity contribution in [2.24, 2.45) is 0 Å². The summed E-state index contributed by atoms with van der Waals surface area (Å²) in [4.78, 5) is 0. The summed E-state index contributed by atoms with van der Waals surface area (Å²) in [6.45, 7) is 2.91. The lowest BCUT2D eigenvalue weighted by molar-refractivity contribution is 0.486. The third-order valence-electron chi connectivity index (χ3n) is 3.33. The average molecular weight is 279 g/mol. The molecule has 1 heterocycles. The van der Waals surface area contributed by atoms with E-state index in [1.807, 2.05) is 17.8 Å². The lowest BCUT2D eigenvalue weighted by Crippen LogP contribution is -2.23. The zero-order valence-electron chi connectivity index (χ0n) is 11.7. The van der Waals surface area contributed by atoms with Crippen LogP contribution < -0.4 is 5.32 Å². The Morgan fingerprint density at radius 3 is 2.75 bits per heavy atom. The number of hydrogen-bond donors (Lipinski definition) is 1. The van der Waals surface area contributed by atoms with E-state index in [0.717, 1.165) is 24.7 Å². The van der Waals surface area contributed by atoms with Crippen molar-refractivity contribution in [1.29, 1.82) is 0 Å². The Labute approximate surface area is 117 Å². The molecule has 0 bridgehead atoms. The highest BCUT2D eigenvalue weighted by Crippen LogP contribution is 2.20. The van der Waals surface area contributed by atoms with Gasteiger partial charge in [0.15, 0.2) is 0 Å². The fraction of sp³-hybridized carbons (Fsp3) is 0.400. The molecule has 0 saturated heterocycles. The molecule has 1 aromatic heterocycles. The molecular weight excluding hydrogens is 260 g/mol. The number of nitrogens with one attached hydrogen (secondary N) is 1. The van der Waals surface area contributed by atoms with Crippen LogP contribution in [0.4, 0.5) is 8.78 Å². The summed E-state index contributed by atoms with van der Waals surface area (Å²) < 4.78 is 28.6. The van der Waals surface area contributed by atoms with E-state index in [9.17, 15) is 8.78 Å². The second-order valence-corrected chi connectivity index (χ2v) is 4.76. The van der Waals surface area contributed by atoms with Crippen LogP contribution in [0.5, 0.6) is 0 Å². The van der Waals surface area contributed by atoms with Crippen molar-refractivity contribution in [3.05, 3.63) is 53.4 Å². The Balaban J connectivity index is 2.22. The van der Waals surface area contributed by atoms with E-state index in [-0.39, 0.29) is 6.04 Å². The predicted octanol–water partition coefficient (Wildman–Crippen LogP) is 3.07. The van der Waals surface area contributed by atoms with Gasteiger partial charge in [-0.3, -0.25) is 4.68 Å². The number of likely N-dealkylation sites (N-methyl/N-ethyl adjacent to an activating group) is 1. The molecule has 0 aliphatic rings. The number of hydrogen-bond acceptors (Lipinski definition) is 2. The molecule has 5 heteroatoms. The highest BCUT2D eigenvalue weighted by atomic mass is 19.1. The van der Waals surface area contributed by atoms with Gasteiger partial charge in [0.05, 0.1) is 11.7 Å². The molecule has 1 unspecified atom stereocenters. The molecule has 0 aliphatic heterocycles. The molecule has 20 heavy (non-hydrogen) atoms. The first-order valence-electron chi connectivity index (χ1n) is 6.78. The largest absolute Gasteiger partial charge is 0.311 e. The van der Waals surface area contributed by atoms with Gasteiger partial charge in [-0.2, -0.15) is 5.10 Å². The fourth-order valence-corrected chi connectivity index (χ4v) is 2.30. The fourth-order valence-electron chi connectivity index (χ4n) is 2.30. The molecule has 0 radical (unpaired) electrons. The maximum Gasteiger partial charge on any atom is 0.129 e. The van der Waals surface area contributed by atoms with Crippen molar-refractivity contribution in [2.45, 2.75) is 32.4 Å². The monoisotopic (exact) mass is 279 g/mol. The highest BCUT2D eigenvalue weighted by molar-refractivity contribution is 5.22. The van der Waals surface area contributed by atoms with Crippen molar-refractivity contribution in [2.75, 3.05) is 7.05 Å². The Bertz CT molecular complexity index is 566.